The van der Waals surface area contributed by atoms with E-state index in [2.05, 4.69) is 29.4 Å². The molecule has 4 aromatic rings. The summed E-state index contributed by atoms with van der Waals surface area (Å²) in [7, 11) is 3.22. The van der Waals surface area contributed by atoms with Gasteiger partial charge in [-0.05, 0) is 42.2 Å². The number of hydrogen-bond acceptors (Lipinski definition) is 6. The Bertz CT molecular complexity index is 1280. The van der Waals surface area contributed by atoms with Crippen LogP contribution in [0.25, 0.3) is 22.5 Å². The van der Waals surface area contributed by atoms with Gasteiger partial charge in [-0.25, -0.2) is 0 Å². The molecule has 34 heavy (non-hydrogen) atoms. The van der Waals surface area contributed by atoms with Crippen molar-refractivity contribution in [3.63, 3.8) is 0 Å². The normalized spacial score (nSPS) is 11.2. The number of rotatable bonds is 10. The van der Waals surface area contributed by atoms with E-state index in [9.17, 15) is 4.79 Å². The minimum Gasteiger partial charge on any atom is -0.493 e. The Balaban J connectivity index is 1.47. The average Bonchev–Trinajstić information content (AvgIpc) is 3.43. The van der Waals surface area contributed by atoms with Gasteiger partial charge in [-0.3, -0.25) is 4.79 Å². The standard InChI is InChI=1S/C26H30N4O4/c1-17(2)13-25-28-29-26(34-25)21-15-19-7-5-6-8-20(19)30(21)16-24(31)27-12-11-18-9-10-22(32-3)23(14-18)33-4/h5-10,14-15,17H,11-13,16H2,1-4H3,(H,27,31). The number of para-hydroxylation sites is 1. The first kappa shape index (κ1) is 23.4. The summed E-state index contributed by atoms with van der Waals surface area (Å²) in [6, 6.07) is 15.7. The molecule has 0 spiro atoms. The van der Waals surface area contributed by atoms with Crippen molar-refractivity contribution in [2.75, 3.05) is 20.8 Å². The van der Waals surface area contributed by atoms with E-state index in [0.29, 0.717) is 48.6 Å². The van der Waals surface area contributed by atoms with E-state index in [1.54, 1.807) is 14.2 Å². The van der Waals surface area contributed by atoms with E-state index in [4.69, 9.17) is 13.9 Å². The van der Waals surface area contributed by atoms with Gasteiger partial charge in [-0.15, -0.1) is 10.2 Å². The lowest BCUT2D eigenvalue weighted by molar-refractivity contribution is -0.121. The van der Waals surface area contributed by atoms with E-state index in [1.165, 1.54) is 0 Å². The first-order valence-electron chi connectivity index (χ1n) is 11.4. The Kier molecular flexibility index (Phi) is 7.15. The third-order valence-electron chi connectivity index (χ3n) is 5.56. The van der Waals surface area contributed by atoms with Crippen LogP contribution in [0.3, 0.4) is 0 Å². The molecule has 4 rings (SSSR count). The number of aromatic nitrogens is 3. The fourth-order valence-electron chi connectivity index (χ4n) is 3.93. The van der Waals surface area contributed by atoms with Crippen LogP contribution in [0, 0.1) is 5.92 Å². The van der Waals surface area contributed by atoms with Gasteiger partial charge in [0.15, 0.2) is 11.5 Å². The number of hydrogen-bond donors (Lipinski definition) is 1. The smallest absolute Gasteiger partial charge is 0.264 e. The van der Waals surface area contributed by atoms with Gasteiger partial charge in [0.05, 0.1) is 14.2 Å². The first-order valence-corrected chi connectivity index (χ1v) is 11.4. The van der Waals surface area contributed by atoms with Crippen LogP contribution in [0.1, 0.15) is 25.3 Å². The molecule has 0 radical (unpaired) electrons. The molecule has 0 atom stereocenters. The molecule has 0 aliphatic heterocycles. The molecule has 0 aliphatic carbocycles. The summed E-state index contributed by atoms with van der Waals surface area (Å²) >= 11 is 0. The summed E-state index contributed by atoms with van der Waals surface area (Å²) in [4.78, 5) is 12.9. The summed E-state index contributed by atoms with van der Waals surface area (Å²) < 4.78 is 18.5. The van der Waals surface area contributed by atoms with Gasteiger partial charge in [0.1, 0.15) is 12.2 Å². The lowest BCUT2D eigenvalue weighted by Gasteiger charge is -2.11. The summed E-state index contributed by atoms with van der Waals surface area (Å²) in [5.74, 6) is 2.69. The highest BCUT2D eigenvalue weighted by Crippen LogP contribution is 2.29. The number of carbonyl (C=O) groups is 1. The SMILES string of the molecule is COc1ccc(CCNC(=O)Cn2c(-c3nnc(CC(C)C)o3)cc3ccccc32)cc1OC. The molecular weight excluding hydrogens is 432 g/mol. The van der Waals surface area contributed by atoms with Crippen molar-refractivity contribution in [1.82, 2.24) is 20.1 Å². The Morgan fingerprint density at radius 1 is 1.06 bits per heavy atom. The van der Waals surface area contributed by atoms with E-state index >= 15 is 0 Å². The number of fused-ring (bicyclic) bond motifs is 1. The molecule has 0 saturated carbocycles. The van der Waals surface area contributed by atoms with Crippen molar-refractivity contribution in [3.05, 3.63) is 60.0 Å². The van der Waals surface area contributed by atoms with E-state index in [1.807, 2.05) is 53.1 Å². The van der Waals surface area contributed by atoms with Crippen molar-refractivity contribution in [3.8, 4) is 23.1 Å². The van der Waals surface area contributed by atoms with Gasteiger partial charge in [0, 0.05) is 23.9 Å². The predicted octanol–water partition coefficient (Wildman–Crippen LogP) is 4.27. The Labute approximate surface area is 198 Å². The second-order valence-electron chi connectivity index (χ2n) is 8.56. The number of carbonyl (C=O) groups excluding carboxylic acids is 1. The molecule has 0 saturated heterocycles. The molecule has 0 unspecified atom stereocenters. The third-order valence-corrected chi connectivity index (χ3v) is 5.56. The zero-order valence-electron chi connectivity index (χ0n) is 20.0. The van der Waals surface area contributed by atoms with Gasteiger partial charge in [0.25, 0.3) is 5.89 Å². The maximum Gasteiger partial charge on any atom is 0.264 e. The molecule has 1 N–H and O–H groups in total. The van der Waals surface area contributed by atoms with Gasteiger partial charge in [-0.1, -0.05) is 38.1 Å². The number of nitrogens with zero attached hydrogens (tertiary/aromatic N) is 3. The number of benzene rings is 2. The van der Waals surface area contributed by atoms with Crippen molar-refractivity contribution in [1.29, 1.82) is 0 Å². The monoisotopic (exact) mass is 462 g/mol. The Hall–Kier alpha value is -3.81. The summed E-state index contributed by atoms with van der Waals surface area (Å²) in [6.07, 6.45) is 1.39. The molecule has 2 aromatic heterocycles. The fourth-order valence-corrected chi connectivity index (χ4v) is 3.93. The molecule has 2 heterocycles. The van der Waals surface area contributed by atoms with Crippen molar-refractivity contribution in [2.45, 2.75) is 33.2 Å². The van der Waals surface area contributed by atoms with E-state index in [0.717, 1.165) is 22.2 Å². The molecule has 1 amide bonds. The average molecular weight is 463 g/mol. The summed E-state index contributed by atoms with van der Waals surface area (Å²) in [6.45, 7) is 4.86. The molecule has 178 valence electrons. The van der Waals surface area contributed by atoms with E-state index < -0.39 is 0 Å². The number of nitrogens with one attached hydrogen (secondary N) is 1. The second kappa shape index (κ2) is 10.4. The molecule has 8 nitrogen and oxygen atoms in total. The van der Waals surface area contributed by atoms with Gasteiger partial charge in [-0.2, -0.15) is 0 Å². The van der Waals surface area contributed by atoms with Crippen LogP contribution in [0.2, 0.25) is 0 Å². The van der Waals surface area contributed by atoms with Crippen molar-refractivity contribution < 1.29 is 18.7 Å². The van der Waals surface area contributed by atoms with Crippen molar-refractivity contribution in [2.24, 2.45) is 5.92 Å². The lowest BCUT2D eigenvalue weighted by Crippen LogP contribution is -2.29. The lowest BCUT2D eigenvalue weighted by atomic mass is 10.1. The maximum absolute atomic E-state index is 12.9. The van der Waals surface area contributed by atoms with Gasteiger partial charge in [0.2, 0.25) is 11.8 Å². The van der Waals surface area contributed by atoms with Gasteiger partial charge >= 0.3 is 0 Å². The number of amides is 1. The number of methoxy groups -OCH3 is 2. The highest BCUT2D eigenvalue weighted by Gasteiger charge is 2.18. The zero-order chi connectivity index (χ0) is 24.1. The zero-order valence-corrected chi connectivity index (χ0v) is 20.0. The second-order valence-corrected chi connectivity index (χ2v) is 8.56. The maximum atomic E-state index is 12.9. The summed E-state index contributed by atoms with van der Waals surface area (Å²) in [5, 5.41) is 12.5. The summed E-state index contributed by atoms with van der Waals surface area (Å²) in [5.41, 5.74) is 2.73. The molecule has 2 aromatic carbocycles. The molecule has 8 heteroatoms. The minimum atomic E-state index is -0.0926. The van der Waals surface area contributed by atoms with Crippen LogP contribution in [0.15, 0.2) is 52.9 Å². The Morgan fingerprint density at radius 2 is 1.85 bits per heavy atom. The van der Waals surface area contributed by atoms with Crippen LogP contribution >= 0.6 is 0 Å². The van der Waals surface area contributed by atoms with Crippen LogP contribution in [0.5, 0.6) is 11.5 Å². The highest BCUT2D eigenvalue weighted by atomic mass is 16.5. The topological polar surface area (TPSA) is 91.4 Å². The highest BCUT2D eigenvalue weighted by molar-refractivity contribution is 5.88. The van der Waals surface area contributed by atoms with Crippen LogP contribution < -0.4 is 14.8 Å². The molecule has 0 fully saturated rings. The van der Waals surface area contributed by atoms with Crippen LogP contribution in [0.4, 0.5) is 0 Å². The van der Waals surface area contributed by atoms with E-state index in [-0.39, 0.29) is 12.5 Å². The van der Waals surface area contributed by atoms with Gasteiger partial charge < -0.3 is 23.8 Å². The molecular formula is C26H30N4O4. The molecule has 0 aliphatic rings. The van der Waals surface area contributed by atoms with Crippen LogP contribution in [-0.4, -0.2) is 41.4 Å². The quantitative estimate of drug-likeness (QED) is 0.379. The number of ether oxygens (including phenoxy) is 2. The third kappa shape index (κ3) is 5.22. The predicted molar refractivity (Wildman–Crippen MR) is 130 cm³/mol. The largest absolute Gasteiger partial charge is 0.493 e. The fraction of sp³-hybridized carbons (Fsp3) is 0.346. The van der Waals surface area contributed by atoms with Crippen molar-refractivity contribution >= 4 is 16.8 Å². The minimum absolute atomic E-state index is 0.0926. The molecule has 0 bridgehead atoms. The van der Waals surface area contributed by atoms with Crippen LogP contribution in [-0.2, 0) is 24.2 Å². The Morgan fingerprint density at radius 3 is 2.62 bits per heavy atom. The first-order chi connectivity index (χ1) is 16.5.